The van der Waals surface area contributed by atoms with Crippen molar-refractivity contribution in [3.05, 3.63) is 72.7 Å². The zero-order valence-electron chi connectivity index (χ0n) is 16.9. The third-order valence-electron chi connectivity index (χ3n) is 5.52. The Kier molecular flexibility index (Phi) is 6.81. The van der Waals surface area contributed by atoms with Crippen molar-refractivity contribution in [3.63, 3.8) is 0 Å². The normalized spacial score (nSPS) is 19.2. The minimum absolute atomic E-state index is 0.791. The Morgan fingerprint density at radius 3 is 2.83 bits per heavy atom. The monoisotopic (exact) mass is 390 g/mol. The van der Waals surface area contributed by atoms with Crippen molar-refractivity contribution in [2.75, 3.05) is 24.7 Å². The maximum absolute atomic E-state index is 5.96. The highest BCUT2D eigenvalue weighted by Crippen LogP contribution is 2.23. The molecule has 0 bridgehead atoms. The van der Waals surface area contributed by atoms with Gasteiger partial charge in [0.25, 0.3) is 0 Å². The molecule has 2 N–H and O–H groups in total. The lowest BCUT2D eigenvalue weighted by atomic mass is 9.98. The van der Waals surface area contributed by atoms with Gasteiger partial charge in [0, 0.05) is 24.2 Å². The summed E-state index contributed by atoms with van der Waals surface area (Å²) in [4.78, 5) is 4.34. The van der Waals surface area contributed by atoms with E-state index < -0.39 is 0 Å². The third-order valence-corrected chi connectivity index (χ3v) is 5.52. The number of ether oxygens (including phenoxy) is 1. The average Bonchev–Trinajstić information content (AvgIpc) is 3.07. The van der Waals surface area contributed by atoms with Gasteiger partial charge in [0.05, 0.1) is 6.61 Å². The molecular weight excluding hydrogens is 360 g/mol. The quantitative estimate of drug-likeness (QED) is 0.681. The summed E-state index contributed by atoms with van der Waals surface area (Å²) in [6, 6.07) is 14.2. The molecule has 2 aromatic rings. The molecule has 0 spiro atoms. The molecule has 0 saturated carbocycles. The molecule has 1 aromatic carbocycles. The number of hydrogen-bond donors (Lipinski definition) is 2. The second-order valence-electron chi connectivity index (χ2n) is 7.68. The zero-order valence-corrected chi connectivity index (χ0v) is 16.9. The molecule has 1 fully saturated rings. The summed E-state index contributed by atoms with van der Waals surface area (Å²) in [5.41, 5.74) is 5.55. The van der Waals surface area contributed by atoms with E-state index in [0.717, 1.165) is 41.6 Å². The molecule has 5 heteroatoms. The van der Waals surface area contributed by atoms with Crippen molar-refractivity contribution >= 4 is 11.4 Å². The van der Waals surface area contributed by atoms with E-state index in [1.165, 1.54) is 38.8 Å². The molecule has 5 nitrogen and oxygen atoms in total. The standard InChI is InChI=1S/C24H30N4O/c1-3-14-25-18-20(6-1)7-5-17-29-23-11-9-21(10-12-23)22-13-16-28(27-19-22)24-8-2-4-15-26-24/h2,4,8-13,15-16,19-20,25,27H,1,3,5-7,14,17-18H2. The minimum Gasteiger partial charge on any atom is -0.494 e. The molecule has 1 saturated heterocycles. The largest absolute Gasteiger partial charge is 0.494 e. The van der Waals surface area contributed by atoms with Crippen molar-refractivity contribution in [1.82, 2.24) is 15.7 Å². The molecule has 0 aliphatic carbocycles. The average molecular weight is 391 g/mol. The highest BCUT2D eigenvalue weighted by molar-refractivity contribution is 5.76. The lowest BCUT2D eigenvalue weighted by Gasteiger charge is -2.23. The Morgan fingerprint density at radius 1 is 1.10 bits per heavy atom. The number of hydrazine groups is 1. The van der Waals surface area contributed by atoms with Gasteiger partial charge in [-0.3, -0.25) is 5.43 Å². The highest BCUT2D eigenvalue weighted by atomic mass is 16.5. The van der Waals surface area contributed by atoms with Crippen LogP contribution < -0.4 is 20.5 Å². The molecular formula is C24H30N4O. The van der Waals surface area contributed by atoms with E-state index in [1.807, 2.05) is 35.6 Å². The predicted molar refractivity (Wildman–Crippen MR) is 118 cm³/mol. The van der Waals surface area contributed by atoms with Gasteiger partial charge in [-0.05, 0) is 80.6 Å². The van der Waals surface area contributed by atoms with Crippen LogP contribution >= 0.6 is 0 Å². The number of rotatable bonds is 7. The fourth-order valence-corrected chi connectivity index (χ4v) is 3.85. The first-order valence-electron chi connectivity index (χ1n) is 10.7. The summed E-state index contributed by atoms with van der Waals surface area (Å²) < 4.78 is 5.96. The first-order chi connectivity index (χ1) is 14.4. The molecule has 2 aliphatic rings. The summed E-state index contributed by atoms with van der Waals surface area (Å²) >= 11 is 0. The minimum atomic E-state index is 0.791. The van der Waals surface area contributed by atoms with Gasteiger partial charge >= 0.3 is 0 Å². The number of hydrogen-bond acceptors (Lipinski definition) is 5. The Hall–Kier alpha value is -2.79. The van der Waals surface area contributed by atoms with Gasteiger partial charge < -0.3 is 10.1 Å². The Bertz CT molecular complexity index is 809. The van der Waals surface area contributed by atoms with Crippen molar-refractivity contribution in [3.8, 4) is 5.75 Å². The second kappa shape index (κ2) is 10.1. The van der Waals surface area contributed by atoms with Gasteiger partial charge in [-0.15, -0.1) is 0 Å². The summed E-state index contributed by atoms with van der Waals surface area (Å²) in [6.45, 7) is 3.14. The van der Waals surface area contributed by atoms with Gasteiger partial charge in [-0.1, -0.05) is 24.6 Å². The van der Waals surface area contributed by atoms with Gasteiger partial charge in [0.1, 0.15) is 5.75 Å². The fourth-order valence-electron chi connectivity index (χ4n) is 3.85. The van der Waals surface area contributed by atoms with Gasteiger partial charge in [-0.2, -0.15) is 0 Å². The topological polar surface area (TPSA) is 49.4 Å². The van der Waals surface area contributed by atoms with E-state index in [0.29, 0.717) is 0 Å². The van der Waals surface area contributed by atoms with Crippen LogP contribution in [0.2, 0.25) is 0 Å². The molecule has 0 radical (unpaired) electrons. The van der Waals surface area contributed by atoms with E-state index in [9.17, 15) is 0 Å². The van der Waals surface area contributed by atoms with Crippen molar-refractivity contribution < 1.29 is 4.74 Å². The summed E-state index contributed by atoms with van der Waals surface area (Å²) in [7, 11) is 0. The fraction of sp³-hybridized carbons (Fsp3) is 0.375. The third kappa shape index (κ3) is 5.61. The molecule has 29 heavy (non-hydrogen) atoms. The molecule has 1 aromatic heterocycles. The number of pyridine rings is 1. The van der Waals surface area contributed by atoms with Gasteiger partial charge in [0.15, 0.2) is 5.82 Å². The van der Waals surface area contributed by atoms with E-state index in [1.54, 1.807) is 6.20 Å². The smallest absolute Gasteiger partial charge is 0.151 e. The predicted octanol–water partition coefficient (Wildman–Crippen LogP) is 4.51. The van der Waals surface area contributed by atoms with E-state index >= 15 is 0 Å². The summed E-state index contributed by atoms with van der Waals surface area (Å²) in [5, 5.41) is 5.44. The lowest BCUT2D eigenvalue weighted by molar-refractivity contribution is 0.288. The van der Waals surface area contributed by atoms with E-state index in [4.69, 9.17) is 4.74 Å². The Balaban J connectivity index is 1.23. The van der Waals surface area contributed by atoms with Crippen LogP contribution in [0.3, 0.4) is 0 Å². The van der Waals surface area contributed by atoms with Gasteiger partial charge in [-0.25, -0.2) is 9.99 Å². The summed E-state index contributed by atoms with van der Waals surface area (Å²) in [6.07, 6.45) is 14.3. The highest BCUT2D eigenvalue weighted by Gasteiger charge is 2.11. The molecule has 152 valence electrons. The van der Waals surface area contributed by atoms with Crippen LogP contribution in [-0.2, 0) is 0 Å². The van der Waals surface area contributed by atoms with E-state index in [2.05, 4.69) is 46.1 Å². The van der Waals surface area contributed by atoms with Crippen LogP contribution in [0.15, 0.2) is 67.1 Å². The van der Waals surface area contributed by atoms with E-state index in [-0.39, 0.29) is 0 Å². The number of aromatic nitrogens is 1. The van der Waals surface area contributed by atoms with Crippen molar-refractivity contribution in [1.29, 1.82) is 0 Å². The number of allylic oxidation sites excluding steroid dienone is 2. The number of nitrogens with one attached hydrogen (secondary N) is 2. The molecule has 0 amide bonds. The number of benzene rings is 1. The Morgan fingerprint density at radius 2 is 2.03 bits per heavy atom. The first-order valence-corrected chi connectivity index (χ1v) is 10.7. The van der Waals surface area contributed by atoms with Crippen LogP contribution in [0, 0.1) is 5.92 Å². The zero-order chi connectivity index (χ0) is 19.7. The molecule has 1 atom stereocenters. The van der Waals surface area contributed by atoms with Crippen molar-refractivity contribution in [2.24, 2.45) is 5.92 Å². The lowest BCUT2D eigenvalue weighted by Crippen LogP contribution is -2.31. The van der Waals surface area contributed by atoms with Crippen LogP contribution in [0.5, 0.6) is 5.75 Å². The second-order valence-corrected chi connectivity index (χ2v) is 7.68. The molecule has 1 unspecified atom stereocenters. The van der Waals surface area contributed by atoms with Crippen molar-refractivity contribution in [2.45, 2.75) is 32.1 Å². The Labute approximate surface area is 173 Å². The van der Waals surface area contributed by atoms with Crippen LogP contribution in [0.1, 0.15) is 37.7 Å². The number of nitrogens with zero attached hydrogens (tertiary/aromatic N) is 2. The molecule has 2 aliphatic heterocycles. The number of anilines is 1. The maximum Gasteiger partial charge on any atom is 0.151 e. The summed E-state index contributed by atoms with van der Waals surface area (Å²) in [5.74, 6) is 2.62. The molecule has 4 rings (SSSR count). The van der Waals surface area contributed by atoms with Crippen LogP contribution in [-0.4, -0.2) is 24.7 Å². The van der Waals surface area contributed by atoms with Crippen LogP contribution in [0.4, 0.5) is 5.82 Å². The SMILES string of the molecule is C1=CN(c2ccccn2)NC=C1c1ccc(OCCCC2CCCCNC2)cc1. The van der Waals surface area contributed by atoms with Gasteiger partial charge in [0.2, 0.25) is 0 Å². The molecule has 3 heterocycles. The maximum atomic E-state index is 5.96. The first kappa shape index (κ1) is 19.5. The van der Waals surface area contributed by atoms with Crippen LogP contribution in [0.25, 0.3) is 5.57 Å².